The quantitative estimate of drug-likeness (QED) is 0.827. The maximum absolute atomic E-state index is 12.7. The van der Waals surface area contributed by atoms with E-state index in [1.807, 2.05) is 13.0 Å². The first-order valence-corrected chi connectivity index (χ1v) is 9.18. The van der Waals surface area contributed by atoms with Crippen molar-refractivity contribution in [2.45, 2.75) is 38.0 Å². The fourth-order valence-corrected chi connectivity index (χ4v) is 3.68. The third-order valence-corrected chi connectivity index (χ3v) is 4.89. The maximum Gasteiger partial charge on any atom is 0.251 e. The molecule has 8 nitrogen and oxygen atoms in total. The lowest BCUT2D eigenvalue weighted by atomic mass is 10.1. The van der Waals surface area contributed by atoms with E-state index >= 15 is 0 Å². The summed E-state index contributed by atoms with van der Waals surface area (Å²) in [6, 6.07) is 2.10. The van der Waals surface area contributed by atoms with Crippen LogP contribution in [0.3, 0.4) is 0 Å². The summed E-state index contributed by atoms with van der Waals surface area (Å²) >= 11 is 0. The molecular weight excluding hydrogens is 332 g/mol. The molecule has 2 saturated heterocycles. The zero-order valence-corrected chi connectivity index (χ0v) is 14.9. The molecule has 0 aromatic carbocycles. The molecule has 0 unspecified atom stereocenters. The van der Waals surface area contributed by atoms with Crippen molar-refractivity contribution in [1.82, 2.24) is 25.6 Å². The van der Waals surface area contributed by atoms with E-state index in [2.05, 4.69) is 30.5 Å². The SMILES string of the molecule is C[C@@H]1CN(c2ccnc3nccnc23)C[C@H](C(=O)N[C@@H]2CCCNC2)O1. The van der Waals surface area contributed by atoms with Gasteiger partial charge in [0, 0.05) is 37.7 Å². The van der Waals surface area contributed by atoms with Crippen LogP contribution in [0, 0.1) is 0 Å². The van der Waals surface area contributed by atoms with Crippen LogP contribution in [0.4, 0.5) is 5.69 Å². The first kappa shape index (κ1) is 17.1. The fraction of sp³-hybridized carbons (Fsp3) is 0.556. The maximum atomic E-state index is 12.7. The second-order valence-corrected chi connectivity index (χ2v) is 6.95. The summed E-state index contributed by atoms with van der Waals surface area (Å²) < 4.78 is 5.93. The molecule has 0 radical (unpaired) electrons. The highest BCUT2D eigenvalue weighted by Gasteiger charge is 2.32. The van der Waals surface area contributed by atoms with Crippen molar-refractivity contribution in [1.29, 1.82) is 0 Å². The number of nitrogens with zero attached hydrogens (tertiary/aromatic N) is 4. The van der Waals surface area contributed by atoms with E-state index in [-0.39, 0.29) is 18.1 Å². The van der Waals surface area contributed by atoms with Crippen molar-refractivity contribution in [3.63, 3.8) is 0 Å². The first-order valence-electron chi connectivity index (χ1n) is 9.18. The molecule has 2 aliphatic heterocycles. The molecule has 1 amide bonds. The van der Waals surface area contributed by atoms with Crippen LogP contribution in [0.25, 0.3) is 11.2 Å². The number of hydrogen-bond donors (Lipinski definition) is 2. The molecule has 2 fully saturated rings. The summed E-state index contributed by atoms with van der Waals surface area (Å²) in [5.41, 5.74) is 2.30. The Kier molecular flexibility index (Phi) is 4.94. The lowest BCUT2D eigenvalue weighted by molar-refractivity contribution is -0.138. The molecule has 2 N–H and O–H groups in total. The van der Waals surface area contributed by atoms with Crippen molar-refractivity contribution >= 4 is 22.8 Å². The molecule has 2 aromatic rings. The zero-order chi connectivity index (χ0) is 17.9. The van der Waals surface area contributed by atoms with Gasteiger partial charge in [-0.3, -0.25) is 4.79 Å². The van der Waals surface area contributed by atoms with Gasteiger partial charge < -0.3 is 20.3 Å². The van der Waals surface area contributed by atoms with Crippen molar-refractivity contribution in [2.75, 3.05) is 31.1 Å². The predicted octanol–water partition coefficient (Wildman–Crippen LogP) is 0.487. The molecule has 0 saturated carbocycles. The lowest BCUT2D eigenvalue weighted by Gasteiger charge is -2.38. The van der Waals surface area contributed by atoms with Crippen LogP contribution in [-0.4, -0.2) is 65.3 Å². The van der Waals surface area contributed by atoms with E-state index in [1.54, 1.807) is 18.6 Å². The van der Waals surface area contributed by atoms with Gasteiger partial charge in [-0.15, -0.1) is 0 Å². The van der Waals surface area contributed by atoms with Crippen molar-refractivity contribution in [3.8, 4) is 0 Å². The highest BCUT2D eigenvalue weighted by Crippen LogP contribution is 2.25. The van der Waals surface area contributed by atoms with E-state index in [9.17, 15) is 4.79 Å². The number of amides is 1. The van der Waals surface area contributed by atoms with Gasteiger partial charge in [0.15, 0.2) is 11.8 Å². The molecule has 2 aliphatic rings. The fourth-order valence-electron chi connectivity index (χ4n) is 3.68. The highest BCUT2D eigenvalue weighted by atomic mass is 16.5. The largest absolute Gasteiger partial charge is 0.364 e. The van der Waals surface area contributed by atoms with Crippen molar-refractivity contribution in [3.05, 3.63) is 24.7 Å². The second kappa shape index (κ2) is 7.51. The van der Waals surface area contributed by atoms with Crippen LogP contribution in [-0.2, 0) is 9.53 Å². The number of anilines is 1. The summed E-state index contributed by atoms with van der Waals surface area (Å²) in [7, 11) is 0. The highest BCUT2D eigenvalue weighted by molar-refractivity contribution is 5.86. The Morgan fingerprint density at radius 1 is 1.27 bits per heavy atom. The van der Waals surface area contributed by atoms with E-state index in [1.165, 1.54) is 0 Å². The van der Waals surface area contributed by atoms with Gasteiger partial charge >= 0.3 is 0 Å². The number of carbonyl (C=O) groups excluding carboxylic acids is 1. The summed E-state index contributed by atoms with van der Waals surface area (Å²) in [6.07, 6.45) is 6.57. The number of morpholine rings is 1. The monoisotopic (exact) mass is 356 g/mol. The first-order chi connectivity index (χ1) is 12.7. The molecule has 138 valence electrons. The summed E-state index contributed by atoms with van der Waals surface area (Å²) in [5.74, 6) is -0.0419. The summed E-state index contributed by atoms with van der Waals surface area (Å²) in [5, 5.41) is 6.44. The van der Waals surface area contributed by atoms with Crippen LogP contribution in [0.15, 0.2) is 24.7 Å². The van der Waals surface area contributed by atoms with Gasteiger partial charge in [-0.05, 0) is 32.4 Å². The molecule has 0 bridgehead atoms. The average molecular weight is 356 g/mol. The third-order valence-electron chi connectivity index (χ3n) is 4.89. The Balaban J connectivity index is 1.51. The molecule has 3 atom stereocenters. The Hall–Kier alpha value is -2.32. The molecule has 0 spiro atoms. The normalized spacial score (nSPS) is 26.7. The van der Waals surface area contributed by atoms with E-state index in [0.717, 1.165) is 37.1 Å². The molecule has 2 aromatic heterocycles. The second-order valence-electron chi connectivity index (χ2n) is 6.95. The lowest BCUT2D eigenvalue weighted by Crippen LogP contribution is -2.56. The number of ether oxygens (including phenoxy) is 1. The third kappa shape index (κ3) is 3.61. The predicted molar refractivity (Wildman–Crippen MR) is 97.9 cm³/mol. The molecule has 8 heteroatoms. The molecule has 4 heterocycles. The standard InChI is InChI=1S/C18H24N6O2/c1-12-10-24(14-4-6-21-17-16(14)20-7-8-22-17)11-15(26-12)18(25)23-13-3-2-5-19-9-13/h4,6-8,12-13,15,19H,2-3,5,9-11H2,1H3,(H,23,25)/t12-,13-,15-/m1/s1. The van der Waals surface area contributed by atoms with Crippen LogP contribution < -0.4 is 15.5 Å². The minimum absolute atomic E-state index is 0.0419. The average Bonchev–Trinajstić information content (AvgIpc) is 2.68. The Morgan fingerprint density at radius 3 is 2.96 bits per heavy atom. The number of pyridine rings is 1. The van der Waals surface area contributed by atoms with Crippen molar-refractivity contribution in [2.24, 2.45) is 0 Å². The van der Waals surface area contributed by atoms with Gasteiger partial charge in [0.05, 0.1) is 18.3 Å². The summed E-state index contributed by atoms with van der Waals surface area (Å²) in [4.78, 5) is 27.8. The molecular formula is C18H24N6O2. The number of nitrogens with one attached hydrogen (secondary N) is 2. The Bertz CT molecular complexity index is 774. The van der Waals surface area contributed by atoms with Gasteiger partial charge in [0.25, 0.3) is 5.91 Å². The molecule has 0 aliphatic carbocycles. The number of piperidine rings is 1. The van der Waals surface area contributed by atoms with Crippen LogP contribution >= 0.6 is 0 Å². The zero-order valence-electron chi connectivity index (χ0n) is 14.9. The Labute approximate surface area is 152 Å². The van der Waals surface area contributed by atoms with Crippen LogP contribution in [0.5, 0.6) is 0 Å². The number of aromatic nitrogens is 3. The minimum Gasteiger partial charge on any atom is -0.364 e. The van der Waals surface area contributed by atoms with Gasteiger partial charge in [-0.2, -0.15) is 0 Å². The summed E-state index contributed by atoms with van der Waals surface area (Å²) in [6.45, 7) is 5.02. The number of carbonyl (C=O) groups is 1. The molecule has 26 heavy (non-hydrogen) atoms. The number of hydrogen-bond acceptors (Lipinski definition) is 7. The van der Waals surface area contributed by atoms with Gasteiger partial charge in [0.1, 0.15) is 5.52 Å². The van der Waals surface area contributed by atoms with Gasteiger partial charge in [-0.25, -0.2) is 15.0 Å². The smallest absolute Gasteiger partial charge is 0.251 e. The topological polar surface area (TPSA) is 92.3 Å². The van der Waals surface area contributed by atoms with E-state index in [4.69, 9.17) is 4.74 Å². The van der Waals surface area contributed by atoms with Crippen molar-refractivity contribution < 1.29 is 9.53 Å². The number of fused-ring (bicyclic) bond motifs is 1. The number of rotatable bonds is 3. The van der Waals surface area contributed by atoms with E-state index in [0.29, 0.717) is 18.7 Å². The Morgan fingerprint density at radius 2 is 2.12 bits per heavy atom. The van der Waals surface area contributed by atoms with E-state index < -0.39 is 6.10 Å². The van der Waals surface area contributed by atoms with Gasteiger partial charge in [0.2, 0.25) is 0 Å². The molecule has 4 rings (SSSR count). The minimum atomic E-state index is -0.499. The van der Waals surface area contributed by atoms with Crippen LogP contribution in [0.2, 0.25) is 0 Å². The van der Waals surface area contributed by atoms with Crippen LogP contribution in [0.1, 0.15) is 19.8 Å². The van der Waals surface area contributed by atoms with Gasteiger partial charge in [-0.1, -0.05) is 0 Å².